The lowest BCUT2D eigenvalue weighted by Crippen LogP contribution is -2.44. The van der Waals surface area contributed by atoms with Gasteiger partial charge in [-0.2, -0.15) is 18.0 Å². The van der Waals surface area contributed by atoms with Crippen molar-refractivity contribution < 1.29 is 8.42 Å². The fraction of sp³-hybridized carbons (Fsp3) is 0.353. The molecule has 2 N–H and O–H groups in total. The van der Waals surface area contributed by atoms with Crippen LogP contribution in [0.2, 0.25) is 0 Å². The summed E-state index contributed by atoms with van der Waals surface area (Å²) in [5.41, 5.74) is 0.971. The minimum absolute atomic E-state index is 0.158. The first-order valence-electron chi connectivity index (χ1n) is 7.77. The number of fused-ring (bicyclic) bond motifs is 1. The average molecular weight is 346 g/mol. The monoisotopic (exact) mass is 346 g/mol. The van der Waals surface area contributed by atoms with Gasteiger partial charge in [0.2, 0.25) is 0 Å². The summed E-state index contributed by atoms with van der Waals surface area (Å²) in [6, 6.07) is 15.6. The molecule has 2 rings (SSSR count). The fourth-order valence-corrected chi connectivity index (χ4v) is 3.47. The minimum atomic E-state index is -3.59. The van der Waals surface area contributed by atoms with Gasteiger partial charge in [-0.05, 0) is 18.4 Å². The van der Waals surface area contributed by atoms with Gasteiger partial charge in [-0.15, -0.1) is 0 Å². The second-order valence-corrected chi connectivity index (χ2v) is 7.40. The summed E-state index contributed by atoms with van der Waals surface area (Å²) in [6.07, 6.45) is 0.158. The number of anilines is 1. The molecule has 0 aromatic heterocycles. The molecule has 2 aromatic carbocycles. The molecule has 7 heteroatoms. The molecule has 0 amide bonds. The third kappa shape index (κ3) is 4.45. The fourth-order valence-electron chi connectivity index (χ4n) is 2.36. The van der Waals surface area contributed by atoms with Crippen LogP contribution in [0.25, 0.3) is 10.8 Å². The molecule has 2 aromatic rings. The molecule has 1 unspecified atom stereocenters. The molecule has 24 heavy (non-hydrogen) atoms. The van der Waals surface area contributed by atoms with Crippen molar-refractivity contribution in [1.29, 1.82) is 5.26 Å². The molecule has 0 bridgehead atoms. The number of hydrogen-bond donors (Lipinski definition) is 2. The lowest BCUT2D eigenvalue weighted by Gasteiger charge is -2.22. The normalized spacial score (nSPS) is 12.9. The van der Waals surface area contributed by atoms with E-state index in [1.54, 1.807) is 6.92 Å². The molecule has 0 heterocycles. The lowest BCUT2D eigenvalue weighted by molar-refractivity contribution is 0.386. The number of rotatable bonds is 8. The zero-order chi connectivity index (χ0) is 17.6. The Kier molecular flexibility index (Phi) is 6.15. The molecule has 128 valence electrons. The van der Waals surface area contributed by atoms with Gasteiger partial charge in [-0.3, -0.25) is 0 Å². The van der Waals surface area contributed by atoms with Crippen molar-refractivity contribution in [2.45, 2.75) is 19.4 Å². The van der Waals surface area contributed by atoms with Crippen molar-refractivity contribution in [3.05, 3.63) is 42.5 Å². The van der Waals surface area contributed by atoms with E-state index in [9.17, 15) is 8.42 Å². The molecule has 0 spiro atoms. The van der Waals surface area contributed by atoms with Crippen molar-refractivity contribution >= 4 is 26.7 Å². The Morgan fingerprint density at radius 1 is 1.17 bits per heavy atom. The van der Waals surface area contributed by atoms with Crippen LogP contribution in [0, 0.1) is 11.3 Å². The molecular formula is C17H22N4O2S. The molecule has 0 radical (unpaired) electrons. The van der Waals surface area contributed by atoms with Crippen LogP contribution in [0.1, 0.15) is 13.3 Å². The van der Waals surface area contributed by atoms with E-state index in [0.717, 1.165) is 16.5 Å². The van der Waals surface area contributed by atoms with Crippen molar-refractivity contribution in [3.8, 4) is 6.07 Å². The van der Waals surface area contributed by atoms with Crippen molar-refractivity contribution in [2.75, 3.05) is 25.5 Å². The quantitative estimate of drug-likeness (QED) is 0.718. The smallest absolute Gasteiger partial charge is 0.279 e. The maximum Gasteiger partial charge on any atom is 0.279 e. The van der Waals surface area contributed by atoms with Crippen molar-refractivity contribution in [2.24, 2.45) is 0 Å². The summed E-state index contributed by atoms with van der Waals surface area (Å²) in [4.78, 5) is 0. The van der Waals surface area contributed by atoms with Gasteiger partial charge in [0.1, 0.15) is 0 Å². The largest absolute Gasteiger partial charge is 0.383 e. The van der Waals surface area contributed by atoms with E-state index < -0.39 is 10.2 Å². The molecule has 0 aliphatic carbocycles. The first kappa shape index (κ1) is 18.2. The molecule has 0 aliphatic heterocycles. The summed E-state index contributed by atoms with van der Waals surface area (Å²) < 4.78 is 28.0. The summed E-state index contributed by atoms with van der Waals surface area (Å²) in [6.45, 7) is 2.43. The highest BCUT2D eigenvalue weighted by Gasteiger charge is 2.22. The molecule has 6 nitrogen and oxygen atoms in total. The summed E-state index contributed by atoms with van der Waals surface area (Å²) in [7, 11) is -2.11. The van der Waals surface area contributed by atoms with Gasteiger partial charge in [0.25, 0.3) is 10.2 Å². The van der Waals surface area contributed by atoms with Crippen LogP contribution in [0.4, 0.5) is 5.69 Å². The van der Waals surface area contributed by atoms with E-state index in [4.69, 9.17) is 5.26 Å². The predicted octanol–water partition coefficient (Wildman–Crippen LogP) is 2.32. The van der Waals surface area contributed by atoms with E-state index >= 15 is 0 Å². The maximum absolute atomic E-state index is 12.1. The maximum atomic E-state index is 12.1. The standard InChI is InChI=1S/C17H22N4O2S/c1-14(10-11-18)21(2)24(22,23)20-13-12-19-17-9-5-7-15-6-3-4-8-16(15)17/h3-9,14,19-20H,10,12-13H2,1-2H3. The Bertz CT molecular complexity index is 825. The second kappa shape index (κ2) is 8.11. The van der Waals surface area contributed by atoms with Crippen LogP contribution in [0.15, 0.2) is 42.5 Å². The topological polar surface area (TPSA) is 85.2 Å². The molecular weight excluding hydrogens is 324 g/mol. The van der Waals surface area contributed by atoms with Gasteiger partial charge in [0.05, 0.1) is 12.5 Å². The predicted molar refractivity (Wildman–Crippen MR) is 96.8 cm³/mol. The number of benzene rings is 2. The Morgan fingerprint density at radius 3 is 2.62 bits per heavy atom. The van der Waals surface area contributed by atoms with Crippen LogP contribution in [-0.4, -0.2) is 38.9 Å². The third-order valence-electron chi connectivity index (χ3n) is 3.90. The Labute approximate surface area is 143 Å². The van der Waals surface area contributed by atoms with Gasteiger partial charge in [-0.25, -0.2) is 4.72 Å². The van der Waals surface area contributed by atoms with Crippen molar-refractivity contribution in [3.63, 3.8) is 0 Å². The second-order valence-electron chi connectivity index (χ2n) is 5.58. The van der Waals surface area contributed by atoms with Crippen molar-refractivity contribution in [1.82, 2.24) is 9.03 Å². The SMILES string of the molecule is CC(CC#N)N(C)S(=O)(=O)NCCNc1cccc2ccccc12. The highest BCUT2D eigenvalue weighted by molar-refractivity contribution is 7.87. The first-order valence-corrected chi connectivity index (χ1v) is 9.21. The number of nitrogens with one attached hydrogen (secondary N) is 2. The lowest BCUT2D eigenvalue weighted by atomic mass is 10.1. The van der Waals surface area contributed by atoms with E-state index in [1.165, 1.54) is 11.4 Å². The first-order chi connectivity index (χ1) is 11.5. The Morgan fingerprint density at radius 2 is 1.88 bits per heavy atom. The molecule has 0 aliphatic rings. The van der Waals surface area contributed by atoms with Gasteiger partial charge < -0.3 is 5.32 Å². The van der Waals surface area contributed by atoms with E-state index in [-0.39, 0.29) is 19.0 Å². The number of nitrogens with zero attached hydrogens (tertiary/aromatic N) is 2. The summed E-state index contributed by atoms with van der Waals surface area (Å²) >= 11 is 0. The van der Waals surface area contributed by atoms with E-state index in [2.05, 4.69) is 10.0 Å². The van der Waals surface area contributed by atoms with Crippen LogP contribution in [-0.2, 0) is 10.2 Å². The zero-order valence-corrected chi connectivity index (χ0v) is 14.7. The highest BCUT2D eigenvalue weighted by atomic mass is 32.2. The molecule has 0 fully saturated rings. The summed E-state index contributed by atoms with van der Waals surface area (Å²) in [5.74, 6) is 0. The Hall–Kier alpha value is -2.14. The van der Waals surface area contributed by atoms with Crippen LogP contribution in [0.5, 0.6) is 0 Å². The number of hydrogen-bond acceptors (Lipinski definition) is 4. The molecule has 0 saturated heterocycles. The third-order valence-corrected chi connectivity index (χ3v) is 5.59. The zero-order valence-electron chi connectivity index (χ0n) is 13.9. The molecule has 0 saturated carbocycles. The molecule has 1 atom stereocenters. The van der Waals surface area contributed by atoms with E-state index in [0.29, 0.717) is 6.54 Å². The summed E-state index contributed by atoms with van der Waals surface area (Å²) in [5, 5.41) is 14.2. The van der Waals surface area contributed by atoms with Crippen LogP contribution < -0.4 is 10.0 Å². The van der Waals surface area contributed by atoms with Crippen LogP contribution >= 0.6 is 0 Å². The average Bonchev–Trinajstić information content (AvgIpc) is 2.58. The Balaban J connectivity index is 1.91. The number of nitriles is 1. The van der Waals surface area contributed by atoms with Gasteiger partial charge >= 0.3 is 0 Å². The van der Waals surface area contributed by atoms with Gasteiger partial charge in [0, 0.05) is 37.3 Å². The minimum Gasteiger partial charge on any atom is -0.383 e. The van der Waals surface area contributed by atoms with Gasteiger partial charge in [-0.1, -0.05) is 36.4 Å². The van der Waals surface area contributed by atoms with Crippen LogP contribution in [0.3, 0.4) is 0 Å². The van der Waals surface area contributed by atoms with E-state index in [1.807, 2.05) is 48.5 Å². The van der Waals surface area contributed by atoms with Gasteiger partial charge in [0.15, 0.2) is 0 Å². The highest BCUT2D eigenvalue weighted by Crippen LogP contribution is 2.22.